The van der Waals surface area contributed by atoms with Crippen LogP contribution in [-0.4, -0.2) is 50.0 Å². The van der Waals surface area contributed by atoms with Gasteiger partial charge in [-0.25, -0.2) is 8.42 Å². The second-order valence-corrected chi connectivity index (χ2v) is 12.1. The molecule has 2 aromatic carbocycles. The molecule has 0 radical (unpaired) electrons. The van der Waals surface area contributed by atoms with Gasteiger partial charge < -0.3 is 9.30 Å². The zero-order valence-corrected chi connectivity index (χ0v) is 21.7. The van der Waals surface area contributed by atoms with E-state index >= 15 is 0 Å². The molecule has 2 heterocycles. The van der Waals surface area contributed by atoms with Gasteiger partial charge in [-0.1, -0.05) is 37.3 Å². The van der Waals surface area contributed by atoms with Gasteiger partial charge in [0, 0.05) is 32.3 Å². The molecule has 1 saturated heterocycles. The van der Waals surface area contributed by atoms with Crippen LogP contribution in [-0.2, 0) is 21.3 Å². The Morgan fingerprint density at radius 1 is 1.12 bits per heavy atom. The number of hydrogen-bond donors (Lipinski definition) is 0. The summed E-state index contributed by atoms with van der Waals surface area (Å²) >= 11 is 1.46. The van der Waals surface area contributed by atoms with E-state index in [0.29, 0.717) is 48.4 Å². The third kappa shape index (κ3) is 5.02. The van der Waals surface area contributed by atoms with Gasteiger partial charge in [-0.2, -0.15) is 9.30 Å². The molecule has 0 saturated carbocycles. The number of carbonyl (C=O) groups excluding carboxylic acids is 1. The van der Waals surface area contributed by atoms with Gasteiger partial charge in [-0.3, -0.25) is 4.79 Å². The number of nitrogens with zero attached hydrogens (tertiary/aromatic N) is 3. The molecule has 1 aromatic heterocycles. The van der Waals surface area contributed by atoms with Crippen molar-refractivity contribution in [2.75, 3.05) is 26.8 Å². The van der Waals surface area contributed by atoms with Crippen LogP contribution in [0.1, 0.15) is 36.2 Å². The Morgan fingerprint density at radius 2 is 1.79 bits per heavy atom. The SMILES string of the molecule is COCCn1c(=NC(=O)c2ccc(S(=O)(=O)N3CC(C)CC(C)C3)cc2)sc2cccc(C)c21. The van der Waals surface area contributed by atoms with Gasteiger partial charge in [0.15, 0.2) is 4.80 Å². The van der Waals surface area contributed by atoms with E-state index in [-0.39, 0.29) is 4.90 Å². The van der Waals surface area contributed by atoms with Crippen molar-refractivity contribution in [1.82, 2.24) is 8.87 Å². The second kappa shape index (κ2) is 10.1. The summed E-state index contributed by atoms with van der Waals surface area (Å²) in [6.45, 7) is 8.32. The Labute approximate surface area is 204 Å². The Kier molecular flexibility index (Phi) is 7.37. The number of amides is 1. The molecule has 0 aliphatic carbocycles. The number of fused-ring (bicyclic) bond motifs is 1. The first-order chi connectivity index (χ1) is 16.2. The highest BCUT2D eigenvalue weighted by Crippen LogP contribution is 2.27. The van der Waals surface area contributed by atoms with Gasteiger partial charge in [0.1, 0.15) is 0 Å². The third-order valence-electron chi connectivity index (χ3n) is 6.19. The lowest BCUT2D eigenvalue weighted by Crippen LogP contribution is -2.42. The summed E-state index contributed by atoms with van der Waals surface area (Å²) in [5, 5.41) is 0. The number of methoxy groups -OCH3 is 1. The standard InChI is InChI=1S/C25H31N3O4S2/c1-17-14-18(2)16-27(15-17)34(30,31)21-10-8-20(9-11-21)24(29)26-25-28(12-13-32-4)23-19(3)6-5-7-22(23)33-25/h5-11,17-18H,12-16H2,1-4H3. The number of benzene rings is 2. The van der Waals surface area contributed by atoms with Gasteiger partial charge in [-0.05, 0) is 61.1 Å². The number of aryl methyl sites for hydroxylation is 1. The molecule has 1 fully saturated rings. The highest BCUT2D eigenvalue weighted by Gasteiger charge is 2.31. The Morgan fingerprint density at radius 3 is 2.44 bits per heavy atom. The maximum absolute atomic E-state index is 13.1. The van der Waals surface area contributed by atoms with Crippen molar-refractivity contribution in [3.8, 4) is 0 Å². The smallest absolute Gasteiger partial charge is 0.279 e. The van der Waals surface area contributed by atoms with Crippen molar-refractivity contribution < 1.29 is 17.9 Å². The van der Waals surface area contributed by atoms with E-state index in [1.807, 2.05) is 29.7 Å². The quantitative estimate of drug-likeness (QED) is 0.510. The zero-order valence-electron chi connectivity index (χ0n) is 20.0. The molecule has 4 rings (SSSR count). The molecule has 2 atom stereocenters. The van der Waals surface area contributed by atoms with Crippen molar-refractivity contribution in [3.05, 3.63) is 58.4 Å². The van der Waals surface area contributed by atoms with Crippen LogP contribution < -0.4 is 4.80 Å². The molecule has 1 aliphatic heterocycles. The summed E-state index contributed by atoms with van der Waals surface area (Å²) in [5.74, 6) is 0.250. The molecule has 182 valence electrons. The van der Waals surface area contributed by atoms with Crippen LogP contribution in [0.15, 0.2) is 52.4 Å². The summed E-state index contributed by atoms with van der Waals surface area (Å²) in [4.78, 5) is 18.2. The lowest BCUT2D eigenvalue weighted by atomic mass is 9.94. The van der Waals surface area contributed by atoms with Gasteiger partial charge in [0.2, 0.25) is 10.0 Å². The van der Waals surface area contributed by atoms with E-state index in [1.165, 1.54) is 23.5 Å². The summed E-state index contributed by atoms with van der Waals surface area (Å²) in [6, 6.07) is 12.2. The summed E-state index contributed by atoms with van der Waals surface area (Å²) in [7, 11) is -1.95. The van der Waals surface area contributed by atoms with Crippen molar-refractivity contribution in [3.63, 3.8) is 0 Å². The molecule has 1 aliphatic rings. The zero-order chi connectivity index (χ0) is 24.5. The number of aromatic nitrogens is 1. The molecule has 1 amide bonds. The fraction of sp³-hybridized carbons (Fsp3) is 0.440. The van der Waals surface area contributed by atoms with E-state index in [9.17, 15) is 13.2 Å². The predicted molar refractivity (Wildman–Crippen MR) is 134 cm³/mol. The van der Waals surface area contributed by atoms with Gasteiger partial charge in [-0.15, -0.1) is 0 Å². The monoisotopic (exact) mass is 501 g/mol. The largest absolute Gasteiger partial charge is 0.383 e. The molecular formula is C25H31N3O4S2. The number of ether oxygens (including phenoxy) is 1. The molecule has 2 unspecified atom stereocenters. The molecule has 0 N–H and O–H groups in total. The van der Waals surface area contributed by atoms with Crippen molar-refractivity contribution in [1.29, 1.82) is 0 Å². The van der Waals surface area contributed by atoms with Crippen molar-refractivity contribution in [2.24, 2.45) is 16.8 Å². The van der Waals surface area contributed by atoms with E-state index in [0.717, 1.165) is 22.2 Å². The van der Waals surface area contributed by atoms with E-state index in [4.69, 9.17) is 4.74 Å². The number of rotatable bonds is 6. The van der Waals surface area contributed by atoms with Crippen LogP contribution in [0.2, 0.25) is 0 Å². The van der Waals surface area contributed by atoms with E-state index in [2.05, 4.69) is 18.8 Å². The van der Waals surface area contributed by atoms with Crippen LogP contribution in [0, 0.1) is 18.8 Å². The Bertz CT molecular complexity index is 1350. The van der Waals surface area contributed by atoms with Crippen molar-refractivity contribution >= 4 is 37.5 Å². The highest BCUT2D eigenvalue weighted by atomic mass is 32.2. The Balaban J connectivity index is 1.64. The van der Waals surface area contributed by atoms with Gasteiger partial charge in [0.05, 0.1) is 21.7 Å². The fourth-order valence-electron chi connectivity index (χ4n) is 4.65. The van der Waals surface area contributed by atoms with Gasteiger partial charge >= 0.3 is 0 Å². The first-order valence-corrected chi connectivity index (χ1v) is 13.7. The predicted octanol–water partition coefficient (Wildman–Crippen LogP) is 4.07. The average Bonchev–Trinajstić information content (AvgIpc) is 3.15. The van der Waals surface area contributed by atoms with E-state index in [1.54, 1.807) is 23.5 Å². The average molecular weight is 502 g/mol. The van der Waals surface area contributed by atoms with Crippen LogP contribution in [0.4, 0.5) is 0 Å². The molecule has 34 heavy (non-hydrogen) atoms. The molecule has 9 heteroatoms. The minimum absolute atomic E-state index is 0.206. The van der Waals surface area contributed by atoms with Crippen molar-refractivity contribution in [2.45, 2.75) is 38.6 Å². The lowest BCUT2D eigenvalue weighted by molar-refractivity contribution is 0.0997. The highest BCUT2D eigenvalue weighted by molar-refractivity contribution is 7.89. The summed E-state index contributed by atoms with van der Waals surface area (Å²) in [5.41, 5.74) is 2.50. The topological polar surface area (TPSA) is 81.0 Å². The maximum Gasteiger partial charge on any atom is 0.279 e. The lowest BCUT2D eigenvalue weighted by Gasteiger charge is -2.34. The number of piperidine rings is 1. The molecular weight excluding hydrogens is 470 g/mol. The summed E-state index contributed by atoms with van der Waals surface area (Å²) < 4.78 is 36.1. The first kappa shape index (κ1) is 24.8. The van der Waals surface area contributed by atoms with Gasteiger partial charge in [0.25, 0.3) is 5.91 Å². The number of thiazole rings is 1. The van der Waals surface area contributed by atoms with E-state index < -0.39 is 15.9 Å². The normalized spacial score (nSPS) is 20.2. The minimum Gasteiger partial charge on any atom is -0.383 e. The molecule has 7 nitrogen and oxygen atoms in total. The number of carbonyl (C=O) groups is 1. The third-order valence-corrected chi connectivity index (χ3v) is 9.08. The number of sulfonamides is 1. The summed E-state index contributed by atoms with van der Waals surface area (Å²) in [6.07, 6.45) is 1.03. The van der Waals surface area contributed by atoms with Crippen LogP contribution in [0.3, 0.4) is 0 Å². The number of para-hydroxylation sites is 1. The molecule has 0 spiro atoms. The van der Waals surface area contributed by atoms with Crippen LogP contribution in [0.25, 0.3) is 10.2 Å². The minimum atomic E-state index is -3.59. The first-order valence-electron chi connectivity index (χ1n) is 11.5. The second-order valence-electron chi connectivity index (χ2n) is 9.16. The Hall–Kier alpha value is -2.33. The molecule has 0 bridgehead atoms. The molecule has 3 aromatic rings. The maximum atomic E-state index is 13.1. The fourth-order valence-corrected chi connectivity index (χ4v) is 7.47. The van der Waals surface area contributed by atoms with Crippen LogP contribution >= 0.6 is 11.3 Å². The van der Waals surface area contributed by atoms with Crippen LogP contribution in [0.5, 0.6) is 0 Å². The number of hydrogen-bond acceptors (Lipinski definition) is 5.